The standard InChI is InChI=1S/C10H12O2.C8H10.2C2H6/c1-7(2)8-4-3-5-9-10(8)12-6-11-9;1-7-3-5-8(2)6-4-7;2*1-2/h3-5,7H,6H2,1-2H3;3-6H,1-2H3;2*1-2H3. The Bertz CT molecular complexity index is 536. The summed E-state index contributed by atoms with van der Waals surface area (Å²) in [4.78, 5) is 0. The molecule has 134 valence electrons. The van der Waals surface area contributed by atoms with Gasteiger partial charge in [0.2, 0.25) is 6.79 Å². The van der Waals surface area contributed by atoms with E-state index in [0.717, 1.165) is 11.5 Å². The third kappa shape index (κ3) is 7.08. The Morgan fingerprint density at radius 2 is 1.25 bits per heavy atom. The molecule has 2 heteroatoms. The monoisotopic (exact) mass is 330 g/mol. The van der Waals surface area contributed by atoms with Gasteiger partial charge in [-0.05, 0) is 25.8 Å². The molecule has 1 aliphatic rings. The molecule has 24 heavy (non-hydrogen) atoms. The second-order valence-corrected chi connectivity index (χ2v) is 5.39. The summed E-state index contributed by atoms with van der Waals surface area (Å²) in [6.45, 7) is 16.9. The van der Waals surface area contributed by atoms with Gasteiger partial charge in [0.15, 0.2) is 11.5 Å². The fourth-order valence-corrected chi connectivity index (χ4v) is 2.04. The number of hydrogen-bond donors (Lipinski definition) is 0. The Morgan fingerprint density at radius 3 is 1.71 bits per heavy atom. The van der Waals surface area contributed by atoms with Crippen LogP contribution in [0.25, 0.3) is 0 Å². The summed E-state index contributed by atoms with van der Waals surface area (Å²) in [7, 11) is 0. The summed E-state index contributed by atoms with van der Waals surface area (Å²) in [5.41, 5.74) is 3.89. The molecule has 0 saturated heterocycles. The largest absolute Gasteiger partial charge is 0.454 e. The van der Waals surface area contributed by atoms with Crippen molar-refractivity contribution >= 4 is 0 Å². The SMILES string of the molecule is CC.CC.CC(C)c1cccc2c1OCO2.Cc1ccc(C)cc1. The highest BCUT2D eigenvalue weighted by molar-refractivity contribution is 5.49. The number of rotatable bonds is 1. The van der Waals surface area contributed by atoms with Crippen molar-refractivity contribution in [2.24, 2.45) is 0 Å². The van der Waals surface area contributed by atoms with E-state index in [4.69, 9.17) is 9.47 Å². The maximum atomic E-state index is 5.37. The molecule has 2 aromatic carbocycles. The van der Waals surface area contributed by atoms with Crippen LogP contribution in [0.2, 0.25) is 0 Å². The third-order valence-corrected chi connectivity index (χ3v) is 3.27. The fraction of sp³-hybridized carbons (Fsp3) is 0.455. The molecule has 0 atom stereocenters. The van der Waals surface area contributed by atoms with Gasteiger partial charge in [-0.2, -0.15) is 0 Å². The lowest BCUT2D eigenvalue weighted by molar-refractivity contribution is 0.173. The van der Waals surface area contributed by atoms with Crippen LogP contribution in [0.15, 0.2) is 42.5 Å². The molecule has 0 aromatic heterocycles. The van der Waals surface area contributed by atoms with Gasteiger partial charge in [-0.3, -0.25) is 0 Å². The topological polar surface area (TPSA) is 18.5 Å². The van der Waals surface area contributed by atoms with Crippen molar-refractivity contribution < 1.29 is 9.47 Å². The highest BCUT2D eigenvalue weighted by atomic mass is 16.7. The zero-order valence-corrected chi connectivity index (χ0v) is 16.6. The summed E-state index contributed by atoms with van der Waals surface area (Å²) in [6.07, 6.45) is 0. The molecule has 0 N–H and O–H groups in total. The molecule has 0 bridgehead atoms. The van der Waals surface area contributed by atoms with Crippen LogP contribution in [0.4, 0.5) is 0 Å². The van der Waals surface area contributed by atoms with Crippen LogP contribution >= 0.6 is 0 Å². The number of para-hydroxylation sites is 1. The van der Waals surface area contributed by atoms with E-state index in [-0.39, 0.29) is 0 Å². The summed E-state index contributed by atoms with van der Waals surface area (Å²) >= 11 is 0. The third-order valence-electron chi connectivity index (χ3n) is 3.27. The maximum Gasteiger partial charge on any atom is 0.231 e. The summed E-state index contributed by atoms with van der Waals surface area (Å²) in [6, 6.07) is 14.5. The number of aryl methyl sites for hydroxylation is 2. The van der Waals surface area contributed by atoms with Crippen LogP contribution in [0, 0.1) is 13.8 Å². The molecule has 0 radical (unpaired) electrons. The predicted molar refractivity (Wildman–Crippen MR) is 105 cm³/mol. The number of benzene rings is 2. The van der Waals surface area contributed by atoms with Gasteiger partial charge in [0.25, 0.3) is 0 Å². The molecule has 0 amide bonds. The normalized spacial score (nSPS) is 10.5. The van der Waals surface area contributed by atoms with Crippen LogP contribution in [0.1, 0.15) is 64.2 Å². The van der Waals surface area contributed by atoms with E-state index in [0.29, 0.717) is 12.7 Å². The van der Waals surface area contributed by atoms with E-state index in [1.807, 2.05) is 39.8 Å². The van der Waals surface area contributed by atoms with Crippen LogP contribution in [-0.4, -0.2) is 6.79 Å². The zero-order valence-electron chi connectivity index (χ0n) is 16.6. The van der Waals surface area contributed by atoms with E-state index in [9.17, 15) is 0 Å². The molecular weight excluding hydrogens is 296 g/mol. The average molecular weight is 331 g/mol. The minimum absolute atomic E-state index is 0.360. The molecular formula is C22H34O2. The van der Waals surface area contributed by atoms with Gasteiger partial charge >= 0.3 is 0 Å². The molecule has 1 aliphatic heterocycles. The Labute approximate surface area is 148 Å². The Hall–Kier alpha value is -1.96. The fourth-order valence-electron chi connectivity index (χ4n) is 2.04. The second-order valence-electron chi connectivity index (χ2n) is 5.39. The first kappa shape index (κ1) is 22.0. The molecule has 2 nitrogen and oxygen atoms in total. The molecule has 0 fully saturated rings. The van der Waals surface area contributed by atoms with E-state index in [1.54, 1.807) is 0 Å². The van der Waals surface area contributed by atoms with Gasteiger partial charge in [0.1, 0.15) is 0 Å². The van der Waals surface area contributed by atoms with Gasteiger partial charge in [-0.15, -0.1) is 0 Å². The van der Waals surface area contributed by atoms with Crippen molar-refractivity contribution in [3.63, 3.8) is 0 Å². The number of ether oxygens (including phenoxy) is 2. The minimum Gasteiger partial charge on any atom is -0.454 e. The van der Waals surface area contributed by atoms with Crippen LogP contribution in [0.5, 0.6) is 11.5 Å². The van der Waals surface area contributed by atoms with Gasteiger partial charge in [-0.1, -0.05) is 89.1 Å². The summed E-state index contributed by atoms with van der Waals surface area (Å²) < 4.78 is 10.6. The van der Waals surface area contributed by atoms with Crippen molar-refractivity contribution in [1.82, 2.24) is 0 Å². The molecule has 0 aliphatic carbocycles. The molecule has 0 unspecified atom stereocenters. The number of fused-ring (bicyclic) bond motifs is 1. The summed E-state index contributed by atoms with van der Waals surface area (Å²) in [5.74, 6) is 2.29. The lowest BCUT2D eigenvalue weighted by atomic mass is 10.0. The van der Waals surface area contributed by atoms with Crippen molar-refractivity contribution in [2.45, 2.75) is 61.3 Å². The highest BCUT2D eigenvalue weighted by Crippen LogP contribution is 2.38. The van der Waals surface area contributed by atoms with Gasteiger partial charge in [-0.25, -0.2) is 0 Å². The Kier molecular flexibility index (Phi) is 11.4. The Morgan fingerprint density at radius 1 is 0.750 bits per heavy atom. The predicted octanol–water partition coefficient (Wildman–Crippen LogP) is 6.89. The van der Waals surface area contributed by atoms with Crippen molar-refractivity contribution in [3.05, 3.63) is 59.2 Å². The highest BCUT2D eigenvalue weighted by Gasteiger charge is 2.18. The molecule has 2 aromatic rings. The van der Waals surface area contributed by atoms with Crippen molar-refractivity contribution in [1.29, 1.82) is 0 Å². The first-order valence-corrected chi connectivity index (χ1v) is 8.99. The molecule has 1 heterocycles. The van der Waals surface area contributed by atoms with Crippen LogP contribution < -0.4 is 9.47 Å². The Balaban J connectivity index is 0.000000385. The molecule has 0 spiro atoms. The van der Waals surface area contributed by atoms with E-state index >= 15 is 0 Å². The minimum atomic E-state index is 0.360. The first-order chi connectivity index (χ1) is 11.6. The zero-order chi connectivity index (χ0) is 18.5. The van der Waals surface area contributed by atoms with Gasteiger partial charge in [0.05, 0.1) is 0 Å². The van der Waals surface area contributed by atoms with E-state index < -0.39 is 0 Å². The van der Waals surface area contributed by atoms with Gasteiger partial charge < -0.3 is 9.47 Å². The first-order valence-electron chi connectivity index (χ1n) is 8.99. The number of hydrogen-bond acceptors (Lipinski definition) is 2. The smallest absolute Gasteiger partial charge is 0.231 e. The van der Waals surface area contributed by atoms with E-state index in [1.165, 1.54) is 16.7 Å². The van der Waals surface area contributed by atoms with Crippen LogP contribution in [0.3, 0.4) is 0 Å². The van der Waals surface area contributed by atoms with Crippen molar-refractivity contribution in [3.8, 4) is 11.5 Å². The summed E-state index contributed by atoms with van der Waals surface area (Å²) in [5, 5.41) is 0. The second kappa shape index (κ2) is 12.5. The quantitative estimate of drug-likeness (QED) is 0.566. The average Bonchev–Trinajstić information content (AvgIpc) is 3.10. The maximum absolute atomic E-state index is 5.37. The van der Waals surface area contributed by atoms with Crippen LogP contribution in [-0.2, 0) is 0 Å². The van der Waals surface area contributed by atoms with E-state index in [2.05, 4.69) is 58.0 Å². The molecule has 3 rings (SSSR count). The molecule has 0 saturated carbocycles. The van der Waals surface area contributed by atoms with Gasteiger partial charge in [0, 0.05) is 5.56 Å². The lowest BCUT2D eigenvalue weighted by Gasteiger charge is -2.07. The lowest BCUT2D eigenvalue weighted by Crippen LogP contribution is -1.95. The van der Waals surface area contributed by atoms with Crippen molar-refractivity contribution in [2.75, 3.05) is 6.79 Å².